The first-order chi connectivity index (χ1) is 10.8. The van der Waals surface area contributed by atoms with Gasteiger partial charge in [0, 0.05) is 11.6 Å². The van der Waals surface area contributed by atoms with Crippen LogP contribution >= 0.6 is 0 Å². The van der Waals surface area contributed by atoms with E-state index in [2.05, 4.69) is 4.90 Å². The van der Waals surface area contributed by atoms with Crippen molar-refractivity contribution in [1.82, 2.24) is 4.90 Å². The van der Waals surface area contributed by atoms with E-state index in [4.69, 9.17) is 4.74 Å². The second-order valence-electron chi connectivity index (χ2n) is 7.55. The molecule has 1 spiro atoms. The maximum atomic E-state index is 11.8. The highest BCUT2D eigenvalue weighted by atomic mass is 16.5. The lowest BCUT2D eigenvalue weighted by Crippen LogP contribution is -2.74. The predicted molar refractivity (Wildman–Crippen MR) is 85.8 cm³/mol. The Hall–Kier alpha value is -1.30. The van der Waals surface area contributed by atoms with Crippen molar-refractivity contribution in [1.29, 1.82) is 0 Å². The molecule has 1 aliphatic carbocycles. The SMILES string of the molecule is Cc1ccc(O)c2c1[C@]13CCN(C)[C@H](C)[C@]1(O)CC[C@H](O)[C@@H]3O2. The summed E-state index contributed by atoms with van der Waals surface area (Å²) in [7, 11) is 2.03. The third-order valence-electron chi connectivity index (χ3n) is 6.68. The molecule has 2 fully saturated rings. The zero-order valence-corrected chi connectivity index (χ0v) is 13.9. The number of benzene rings is 1. The number of rotatable bonds is 0. The highest BCUT2D eigenvalue weighted by Gasteiger charge is 2.69. The van der Waals surface area contributed by atoms with Crippen molar-refractivity contribution in [2.45, 2.75) is 62.4 Å². The fourth-order valence-electron chi connectivity index (χ4n) is 5.30. The monoisotopic (exact) mass is 319 g/mol. The van der Waals surface area contributed by atoms with E-state index in [1.54, 1.807) is 6.07 Å². The lowest BCUT2D eigenvalue weighted by atomic mass is 9.52. The first kappa shape index (κ1) is 15.2. The van der Waals surface area contributed by atoms with Crippen LogP contribution in [0.25, 0.3) is 0 Å². The zero-order chi connectivity index (χ0) is 16.6. The van der Waals surface area contributed by atoms with E-state index in [9.17, 15) is 15.3 Å². The molecular weight excluding hydrogens is 294 g/mol. The van der Waals surface area contributed by atoms with E-state index < -0.39 is 23.2 Å². The molecule has 1 saturated carbocycles. The fourth-order valence-corrected chi connectivity index (χ4v) is 5.30. The summed E-state index contributed by atoms with van der Waals surface area (Å²) in [6.07, 6.45) is 0.628. The van der Waals surface area contributed by atoms with Gasteiger partial charge in [-0.1, -0.05) is 6.07 Å². The van der Waals surface area contributed by atoms with E-state index >= 15 is 0 Å². The van der Waals surface area contributed by atoms with Crippen LogP contribution < -0.4 is 4.74 Å². The molecule has 126 valence electrons. The van der Waals surface area contributed by atoms with E-state index in [0.717, 1.165) is 17.7 Å². The second kappa shape index (κ2) is 4.62. The van der Waals surface area contributed by atoms with E-state index in [-0.39, 0.29) is 11.8 Å². The average Bonchev–Trinajstić information content (AvgIpc) is 2.89. The Labute approximate surface area is 136 Å². The Morgan fingerprint density at radius 3 is 2.78 bits per heavy atom. The minimum absolute atomic E-state index is 0.0393. The van der Waals surface area contributed by atoms with Crippen molar-refractivity contribution in [3.05, 3.63) is 23.3 Å². The predicted octanol–water partition coefficient (Wildman–Crippen LogP) is 1.31. The maximum Gasteiger partial charge on any atom is 0.165 e. The number of likely N-dealkylation sites (N-methyl/N-ethyl adjacent to an activating group) is 1. The number of aryl methyl sites for hydroxylation is 1. The third-order valence-corrected chi connectivity index (χ3v) is 6.68. The Morgan fingerprint density at radius 2 is 2.04 bits per heavy atom. The lowest BCUT2D eigenvalue weighted by Gasteiger charge is -2.60. The van der Waals surface area contributed by atoms with Gasteiger partial charge in [0.05, 0.1) is 17.1 Å². The Kier molecular flexibility index (Phi) is 3.06. The van der Waals surface area contributed by atoms with Crippen molar-refractivity contribution >= 4 is 0 Å². The van der Waals surface area contributed by atoms with Crippen LogP contribution in [0.5, 0.6) is 11.5 Å². The zero-order valence-electron chi connectivity index (χ0n) is 13.9. The summed E-state index contributed by atoms with van der Waals surface area (Å²) in [5.74, 6) is 0.543. The Bertz CT molecular complexity index is 663. The van der Waals surface area contributed by atoms with Crippen LogP contribution in [0, 0.1) is 6.92 Å². The van der Waals surface area contributed by atoms with Crippen LogP contribution in [0.15, 0.2) is 12.1 Å². The van der Waals surface area contributed by atoms with Crippen LogP contribution in [0.3, 0.4) is 0 Å². The number of fused-ring (bicyclic) bond motifs is 1. The molecule has 5 atom stereocenters. The minimum Gasteiger partial charge on any atom is -0.504 e. The molecule has 4 rings (SSSR count). The summed E-state index contributed by atoms with van der Waals surface area (Å²) in [5, 5.41) is 32.6. The first-order valence-electron chi connectivity index (χ1n) is 8.43. The highest BCUT2D eigenvalue weighted by molar-refractivity contribution is 5.60. The van der Waals surface area contributed by atoms with Gasteiger partial charge in [-0.3, -0.25) is 0 Å². The third kappa shape index (κ3) is 1.63. The van der Waals surface area contributed by atoms with Crippen molar-refractivity contribution in [2.75, 3.05) is 13.6 Å². The number of nitrogens with zero attached hydrogens (tertiary/aromatic N) is 1. The molecule has 0 unspecified atom stereocenters. The molecule has 5 heteroatoms. The molecule has 3 N–H and O–H groups in total. The van der Waals surface area contributed by atoms with Crippen LogP contribution in [0.1, 0.15) is 37.3 Å². The molecule has 5 nitrogen and oxygen atoms in total. The molecule has 2 aliphatic heterocycles. The van der Waals surface area contributed by atoms with Crippen LogP contribution in [-0.2, 0) is 5.41 Å². The van der Waals surface area contributed by atoms with Gasteiger partial charge in [-0.2, -0.15) is 0 Å². The molecule has 1 aromatic carbocycles. The topological polar surface area (TPSA) is 73.2 Å². The highest BCUT2D eigenvalue weighted by Crippen LogP contribution is 2.62. The standard InChI is InChI=1S/C18H25NO4/c1-10-4-5-12(20)15-14(10)17-8-9-19(3)11(2)18(17,22)7-6-13(21)16(17)23-15/h4-5,11,13,16,20-22H,6-9H2,1-3H3/t11-,13+,16+,17+,18-/m1/s1. The largest absolute Gasteiger partial charge is 0.504 e. The molecule has 2 heterocycles. The number of phenolic OH excluding ortho intramolecular Hbond substituents is 1. The lowest BCUT2D eigenvalue weighted by molar-refractivity contribution is -0.196. The van der Waals surface area contributed by atoms with Crippen LogP contribution in [0.2, 0.25) is 0 Å². The maximum absolute atomic E-state index is 11.8. The summed E-state index contributed by atoms with van der Waals surface area (Å²) < 4.78 is 6.07. The smallest absolute Gasteiger partial charge is 0.165 e. The van der Waals surface area contributed by atoms with Crippen LogP contribution in [0.4, 0.5) is 0 Å². The summed E-state index contributed by atoms with van der Waals surface area (Å²) >= 11 is 0. The number of phenols is 1. The molecule has 0 radical (unpaired) electrons. The molecule has 1 saturated heterocycles. The van der Waals surface area contributed by atoms with E-state index in [0.29, 0.717) is 25.0 Å². The van der Waals surface area contributed by atoms with Crippen LogP contribution in [-0.4, -0.2) is 57.7 Å². The number of aliphatic hydroxyl groups excluding tert-OH is 1. The second-order valence-corrected chi connectivity index (χ2v) is 7.55. The molecular formula is C18H25NO4. The molecule has 23 heavy (non-hydrogen) atoms. The minimum atomic E-state index is -0.978. The number of piperidine rings is 1. The van der Waals surface area contributed by atoms with Crippen molar-refractivity contribution < 1.29 is 20.1 Å². The molecule has 1 aromatic rings. The molecule has 3 aliphatic rings. The summed E-state index contributed by atoms with van der Waals surface area (Å²) in [6.45, 7) is 4.86. The number of ether oxygens (including phenoxy) is 1. The van der Waals surface area contributed by atoms with E-state index in [1.165, 1.54) is 0 Å². The van der Waals surface area contributed by atoms with Gasteiger partial charge in [0.15, 0.2) is 11.5 Å². The first-order valence-corrected chi connectivity index (χ1v) is 8.43. The van der Waals surface area contributed by atoms with Crippen molar-refractivity contribution in [3.63, 3.8) is 0 Å². The quantitative estimate of drug-likeness (QED) is 0.672. The average molecular weight is 319 g/mol. The summed E-state index contributed by atoms with van der Waals surface area (Å²) in [4.78, 5) is 2.18. The van der Waals surface area contributed by atoms with Gasteiger partial charge in [-0.05, 0) is 58.3 Å². The Balaban J connectivity index is 2.00. The normalized spacial score (nSPS) is 42.6. The summed E-state index contributed by atoms with van der Waals surface area (Å²) in [5.41, 5.74) is 0.260. The Morgan fingerprint density at radius 1 is 1.30 bits per heavy atom. The van der Waals surface area contributed by atoms with Gasteiger partial charge < -0.3 is 25.0 Å². The molecule has 0 bridgehead atoms. The fraction of sp³-hybridized carbons (Fsp3) is 0.667. The van der Waals surface area contributed by atoms with Crippen molar-refractivity contribution in [2.24, 2.45) is 0 Å². The van der Waals surface area contributed by atoms with Gasteiger partial charge in [0.1, 0.15) is 6.10 Å². The number of likely N-dealkylation sites (tertiary alicyclic amines) is 1. The van der Waals surface area contributed by atoms with Gasteiger partial charge in [0.25, 0.3) is 0 Å². The molecule has 0 amide bonds. The van der Waals surface area contributed by atoms with Gasteiger partial charge in [0.2, 0.25) is 0 Å². The molecule has 0 aromatic heterocycles. The van der Waals surface area contributed by atoms with E-state index in [1.807, 2.05) is 27.0 Å². The van der Waals surface area contributed by atoms with Gasteiger partial charge in [-0.15, -0.1) is 0 Å². The number of aliphatic hydroxyl groups is 2. The van der Waals surface area contributed by atoms with Crippen molar-refractivity contribution in [3.8, 4) is 11.5 Å². The number of hydrogen-bond acceptors (Lipinski definition) is 5. The van der Waals surface area contributed by atoms with Gasteiger partial charge >= 0.3 is 0 Å². The summed E-state index contributed by atoms with van der Waals surface area (Å²) in [6, 6.07) is 3.47. The number of hydrogen-bond donors (Lipinski definition) is 3. The van der Waals surface area contributed by atoms with Gasteiger partial charge in [-0.25, -0.2) is 0 Å². The number of aromatic hydroxyl groups is 1.